The molecule has 2 rings (SSSR count). The molecular formula is C16H22N4O2S. The van der Waals surface area contributed by atoms with Crippen molar-refractivity contribution in [1.82, 2.24) is 14.8 Å². The first-order chi connectivity index (χ1) is 11.0. The molecule has 0 bridgehead atoms. The molecule has 2 aromatic rings. The van der Waals surface area contributed by atoms with Crippen molar-refractivity contribution in [3.05, 3.63) is 30.6 Å². The summed E-state index contributed by atoms with van der Waals surface area (Å²) in [4.78, 5) is 12.3. The van der Waals surface area contributed by atoms with Gasteiger partial charge in [-0.1, -0.05) is 11.8 Å². The standard InChI is InChI=1S/C16H22N4O2S/c1-5-22-14-8-6-13(7-9-14)18-15(21)12(4)23-16-19-17-10-20(16)11(2)3/h6-12H,5H2,1-4H3,(H,18,21). The molecule has 23 heavy (non-hydrogen) atoms. The monoisotopic (exact) mass is 334 g/mol. The van der Waals surface area contributed by atoms with Crippen molar-refractivity contribution in [2.24, 2.45) is 0 Å². The molecule has 1 atom stereocenters. The van der Waals surface area contributed by atoms with Gasteiger partial charge < -0.3 is 14.6 Å². The predicted molar refractivity (Wildman–Crippen MR) is 92.0 cm³/mol. The van der Waals surface area contributed by atoms with Crippen LogP contribution in [0, 0.1) is 0 Å². The Labute approximate surface area is 140 Å². The van der Waals surface area contributed by atoms with Crippen LogP contribution in [0.15, 0.2) is 35.7 Å². The maximum atomic E-state index is 12.3. The van der Waals surface area contributed by atoms with Gasteiger partial charge in [-0.3, -0.25) is 4.79 Å². The van der Waals surface area contributed by atoms with Crippen LogP contribution in [0.3, 0.4) is 0 Å². The number of hydrogen-bond donors (Lipinski definition) is 1. The van der Waals surface area contributed by atoms with Gasteiger partial charge in [0.15, 0.2) is 5.16 Å². The minimum Gasteiger partial charge on any atom is -0.494 e. The third kappa shape index (κ3) is 4.72. The van der Waals surface area contributed by atoms with Gasteiger partial charge in [-0.15, -0.1) is 10.2 Å². The SMILES string of the molecule is CCOc1ccc(NC(=O)C(C)Sc2nncn2C(C)C)cc1. The van der Waals surface area contributed by atoms with Gasteiger partial charge in [0.25, 0.3) is 0 Å². The second kappa shape index (κ2) is 8.01. The quantitative estimate of drug-likeness (QED) is 0.786. The first-order valence-corrected chi connectivity index (χ1v) is 8.49. The molecule has 1 heterocycles. The summed E-state index contributed by atoms with van der Waals surface area (Å²) in [5, 5.41) is 11.4. The summed E-state index contributed by atoms with van der Waals surface area (Å²) >= 11 is 1.40. The summed E-state index contributed by atoms with van der Waals surface area (Å²) in [5.74, 6) is 0.718. The van der Waals surface area contributed by atoms with Crippen molar-refractivity contribution in [1.29, 1.82) is 0 Å². The lowest BCUT2D eigenvalue weighted by atomic mass is 10.3. The number of ether oxygens (including phenoxy) is 1. The first-order valence-electron chi connectivity index (χ1n) is 7.61. The maximum absolute atomic E-state index is 12.3. The third-order valence-electron chi connectivity index (χ3n) is 3.18. The van der Waals surface area contributed by atoms with Crippen LogP contribution in [-0.4, -0.2) is 32.5 Å². The summed E-state index contributed by atoms with van der Waals surface area (Å²) in [6.07, 6.45) is 1.68. The van der Waals surface area contributed by atoms with E-state index in [1.165, 1.54) is 11.8 Å². The van der Waals surface area contributed by atoms with E-state index in [0.717, 1.165) is 16.6 Å². The molecule has 0 aliphatic heterocycles. The molecule has 0 saturated carbocycles. The lowest BCUT2D eigenvalue weighted by molar-refractivity contribution is -0.115. The van der Waals surface area contributed by atoms with Gasteiger partial charge in [0.05, 0.1) is 11.9 Å². The Morgan fingerprint density at radius 2 is 2.00 bits per heavy atom. The van der Waals surface area contributed by atoms with Gasteiger partial charge >= 0.3 is 0 Å². The average molecular weight is 334 g/mol. The molecule has 1 N–H and O–H groups in total. The second-order valence-electron chi connectivity index (χ2n) is 5.32. The van der Waals surface area contributed by atoms with Gasteiger partial charge in [0.2, 0.25) is 5.91 Å². The van der Waals surface area contributed by atoms with Crippen LogP contribution in [0.5, 0.6) is 5.75 Å². The minimum absolute atomic E-state index is 0.0718. The molecular weight excluding hydrogens is 312 g/mol. The number of thioether (sulfide) groups is 1. The van der Waals surface area contributed by atoms with Crippen LogP contribution in [0.2, 0.25) is 0 Å². The van der Waals surface area contributed by atoms with Gasteiger partial charge in [0, 0.05) is 11.7 Å². The number of amides is 1. The maximum Gasteiger partial charge on any atom is 0.237 e. The third-order valence-corrected chi connectivity index (χ3v) is 4.25. The highest BCUT2D eigenvalue weighted by molar-refractivity contribution is 8.00. The van der Waals surface area contributed by atoms with Gasteiger partial charge in [-0.05, 0) is 52.0 Å². The molecule has 0 spiro atoms. The topological polar surface area (TPSA) is 69.0 Å². The van der Waals surface area contributed by atoms with E-state index in [1.54, 1.807) is 6.33 Å². The number of carbonyl (C=O) groups excluding carboxylic acids is 1. The Hall–Kier alpha value is -2.02. The van der Waals surface area contributed by atoms with E-state index >= 15 is 0 Å². The van der Waals surface area contributed by atoms with Crippen LogP contribution in [-0.2, 0) is 4.79 Å². The molecule has 1 unspecified atom stereocenters. The minimum atomic E-state index is -0.275. The molecule has 1 amide bonds. The Kier molecular flexibility index (Phi) is 6.04. The molecule has 0 radical (unpaired) electrons. The highest BCUT2D eigenvalue weighted by Crippen LogP contribution is 2.24. The number of nitrogens with one attached hydrogen (secondary N) is 1. The van der Waals surface area contributed by atoms with Crippen molar-refractivity contribution in [2.75, 3.05) is 11.9 Å². The van der Waals surface area contributed by atoms with E-state index in [4.69, 9.17) is 4.74 Å². The molecule has 6 nitrogen and oxygen atoms in total. The molecule has 0 aliphatic carbocycles. The summed E-state index contributed by atoms with van der Waals surface area (Å²) < 4.78 is 7.33. The molecule has 124 valence electrons. The van der Waals surface area contributed by atoms with Crippen molar-refractivity contribution >= 4 is 23.4 Å². The van der Waals surface area contributed by atoms with Crippen molar-refractivity contribution in [2.45, 2.75) is 44.1 Å². The number of hydrogen-bond acceptors (Lipinski definition) is 5. The summed E-state index contributed by atoms with van der Waals surface area (Å²) in [6, 6.07) is 7.60. The van der Waals surface area contributed by atoms with E-state index in [1.807, 2.05) is 42.7 Å². The Balaban J connectivity index is 1.95. The highest BCUT2D eigenvalue weighted by Gasteiger charge is 2.18. The Bertz CT molecular complexity index is 640. The second-order valence-corrected chi connectivity index (χ2v) is 6.63. The van der Waals surface area contributed by atoms with Crippen LogP contribution in [0.4, 0.5) is 5.69 Å². The molecule has 0 saturated heterocycles. The molecule has 0 aliphatic rings. The van der Waals surface area contributed by atoms with E-state index < -0.39 is 0 Å². The van der Waals surface area contributed by atoms with Gasteiger partial charge in [-0.2, -0.15) is 0 Å². The van der Waals surface area contributed by atoms with Crippen molar-refractivity contribution in [3.63, 3.8) is 0 Å². The zero-order chi connectivity index (χ0) is 16.8. The molecule has 1 aromatic heterocycles. The number of rotatable bonds is 7. The molecule has 0 fully saturated rings. The average Bonchev–Trinajstić information content (AvgIpc) is 2.97. The molecule has 7 heteroatoms. The van der Waals surface area contributed by atoms with Crippen LogP contribution in [0.1, 0.15) is 33.7 Å². The number of carbonyl (C=O) groups is 1. The highest BCUT2D eigenvalue weighted by atomic mass is 32.2. The number of aromatic nitrogens is 3. The van der Waals surface area contributed by atoms with E-state index in [-0.39, 0.29) is 17.2 Å². The predicted octanol–water partition coefficient (Wildman–Crippen LogP) is 3.38. The van der Waals surface area contributed by atoms with E-state index in [9.17, 15) is 4.79 Å². The lowest BCUT2D eigenvalue weighted by Crippen LogP contribution is -2.23. The summed E-state index contributed by atoms with van der Waals surface area (Å²) in [6.45, 7) is 8.52. The fourth-order valence-electron chi connectivity index (χ4n) is 1.93. The van der Waals surface area contributed by atoms with Gasteiger partial charge in [0.1, 0.15) is 12.1 Å². The summed E-state index contributed by atoms with van der Waals surface area (Å²) in [5.41, 5.74) is 0.747. The number of anilines is 1. The Morgan fingerprint density at radius 3 is 2.61 bits per heavy atom. The van der Waals surface area contributed by atoms with E-state index in [0.29, 0.717) is 6.61 Å². The van der Waals surface area contributed by atoms with Crippen molar-refractivity contribution < 1.29 is 9.53 Å². The zero-order valence-electron chi connectivity index (χ0n) is 13.8. The lowest BCUT2D eigenvalue weighted by Gasteiger charge is -2.14. The van der Waals surface area contributed by atoms with Crippen molar-refractivity contribution in [3.8, 4) is 5.75 Å². The fraction of sp³-hybridized carbons (Fsp3) is 0.438. The Morgan fingerprint density at radius 1 is 1.30 bits per heavy atom. The van der Waals surface area contributed by atoms with Gasteiger partial charge in [-0.25, -0.2) is 0 Å². The first kappa shape index (κ1) is 17.3. The largest absolute Gasteiger partial charge is 0.494 e. The number of benzene rings is 1. The molecule has 1 aromatic carbocycles. The number of nitrogens with zero attached hydrogens (tertiary/aromatic N) is 3. The smallest absolute Gasteiger partial charge is 0.237 e. The zero-order valence-corrected chi connectivity index (χ0v) is 14.6. The normalized spacial score (nSPS) is 12.2. The van der Waals surface area contributed by atoms with E-state index in [2.05, 4.69) is 29.4 Å². The van der Waals surface area contributed by atoms with Crippen LogP contribution in [0.25, 0.3) is 0 Å². The van der Waals surface area contributed by atoms with Crippen LogP contribution >= 0.6 is 11.8 Å². The fourth-order valence-corrected chi connectivity index (χ4v) is 2.88. The summed E-state index contributed by atoms with van der Waals surface area (Å²) in [7, 11) is 0. The van der Waals surface area contributed by atoms with Crippen LogP contribution < -0.4 is 10.1 Å².